The molecule has 5 heteroatoms. The SMILES string of the molecule is Nc1ccc(-c2noc(-c3ccccc3)n2)c(Cl)c1. The highest BCUT2D eigenvalue weighted by molar-refractivity contribution is 6.33. The van der Waals surface area contributed by atoms with E-state index < -0.39 is 0 Å². The second kappa shape index (κ2) is 4.74. The normalized spacial score (nSPS) is 10.6. The van der Waals surface area contributed by atoms with E-state index in [9.17, 15) is 0 Å². The van der Waals surface area contributed by atoms with Crippen LogP contribution < -0.4 is 5.73 Å². The molecular formula is C14H10ClN3O. The van der Waals surface area contributed by atoms with Crippen LogP contribution in [0.1, 0.15) is 0 Å². The van der Waals surface area contributed by atoms with E-state index in [0.29, 0.717) is 28.0 Å². The van der Waals surface area contributed by atoms with Crippen molar-refractivity contribution in [3.8, 4) is 22.8 Å². The highest BCUT2D eigenvalue weighted by Gasteiger charge is 2.12. The Hall–Kier alpha value is -2.33. The predicted molar refractivity (Wildman–Crippen MR) is 74.6 cm³/mol. The third-order valence-corrected chi connectivity index (χ3v) is 2.99. The quantitative estimate of drug-likeness (QED) is 0.723. The highest BCUT2D eigenvalue weighted by Crippen LogP contribution is 2.29. The van der Waals surface area contributed by atoms with E-state index in [0.717, 1.165) is 5.56 Å². The van der Waals surface area contributed by atoms with Crippen molar-refractivity contribution in [1.29, 1.82) is 0 Å². The van der Waals surface area contributed by atoms with Gasteiger partial charge in [0.2, 0.25) is 5.82 Å². The molecule has 3 aromatic rings. The Kier molecular flexibility index (Phi) is 2.93. The minimum atomic E-state index is 0.448. The number of nitrogens with two attached hydrogens (primary N) is 1. The Morgan fingerprint density at radius 1 is 1.05 bits per heavy atom. The van der Waals surface area contributed by atoms with Gasteiger partial charge in [-0.25, -0.2) is 0 Å². The lowest BCUT2D eigenvalue weighted by Gasteiger charge is -1.99. The lowest BCUT2D eigenvalue weighted by atomic mass is 10.2. The molecule has 2 aromatic carbocycles. The second-order valence-electron chi connectivity index (χ2n) is 4.03. The molecule has 2 N–H and O–H groups in total. The lowest BCUT2D eigenvalue weighted by Crippen LogP contribution is -1.87. The van der Waals surface area contributed by atoms with Crippen LogP contribution in [0, 0.1) is 0 Å². The zero-order valence-electron chi connectivity index (χ0n) is 9.88. The molecule has 0 aliphatic carbocycles. The van der Waals surface area contributed by atoms with Gasteiger partial charge in [0.1, 0.15) is 0 Å². The minimum absolute atomic E-state index is 0.448. The van der Waals surface area contributed by atoms with Crippen LogP contribution in [0.15, 0.2) is 53.1 Å². The summed E-state index contributed by atoms with van der Waals surface area (Å²) in [6, 6.07) is 14.7. The van der Waals surface area contributed by atoms with Crippen LogP contribution in [0.25, 0.3) is 22.8 Å². The standard InChI is InChI=1S/C14H10ClN3O/c15-12-8-10(16)6-7-11(12)13-17-14(19-18-13)9-4-2-1-3-5-9/h1-8H,16H2. The number of hydrogen-bond donors (Lipinski definition) is 1. The third kappa shape index (κ3) is 2.30. The van der Waals surface area contributed by atoms with Gasteiger partial charge < -0.3 is 10.3 Å². The fourth-order valence-corrected chi connectivity index (χ4v) is 2.02. The van der Waals surface area contributed by atoms with Crippen LogP contribution in [0.4, 0.5) is 5.69 Å². The van der Waals surface area contributed by atoms with Gasteiger partial charge in [0.15, 0.2) is 0 Å². The molecule has 94 valence electrons. The maximum atomic E-state index is 6.12. The molecule has 0 unspecified atom stereocenters. The van der Waals surface area contributed by atoms with Crippen LogP contribution in [-0.4, -0.2) is 10.1 Å². The second-order valence-corrected chi connectivity index (χ2v) is 4.44. The van der Waals surface area contributed by atoms with Gasteiger partial charge >= 0.3 is 0 Å². The molecule has 0 spiro atoms. The van der Waals surface area contributed by atoms with E-state index >= 15 is 0 Å². The molecule has 1 aromatic heterocycles. The van der Waals surface area contributed by atoms with Crippen molar-refractivity contribution in [2.45, 2.75) is 0 Å². The number of nitrogen functional groups attached to an aromatic ring is 1. The fraction of sp³-hybridized carbons (Fsp3) is 0. The number of anilines is 1. The van der Waals surface area contributed by atoms with Crippen molar-refractivity contribution in [3.63, 3.8) is 0 Å². The first kappa shape index (κ1) is 11.7. The van der Waals surface area contributed by atoms with Gasteiger partial charge in [-0.1, -0.05) is 35.0 Å². The summed E-state index contributed by atoms with van der Waals surface area (Å²) in [5.41, 5.74) is 7.82. The minimum Gasteiger partial charge on any atom is -0.399 e. The van der Waals surface area contributed by atoms with E-state index in [1.54, 1.807) is 18.2 Å². The van der Waals surface area contributed by atoms with Crippen molar-refractivity contribution in [1.82, 2.24) is 10.1 Å². The summed E-state index contributed by atoms with van der Waals surface area (Å²) in [5, 5.41) is 4.44. The van der Waals surface area contributed by atoms with Gasteiger partial charge in [0, 0.05) is 16.8 Å². The van der Waals surface area contributed by atoms with Crippen molar-refractivity contribution in [3.05, 3.63) is 53.6 Å². The molecule has 0 saturated heterocycles. The molecule has 0 fully saturated rings. The summed E-state index contributed by atoms with van der Waals surface area (Å²) >= 11 is 6.12. The van der Waals surface area contributed by atoms with E-state index in [2.05, 4.69) is 10.1 Å². The van der Waals surface area contributed by atoms with Crippen molar-refractivity contribution < 1.29 is 4.52 Å². The van der Waals surface area contributed by atoms with Crippen molar-refractivity contribution in [2.75, 3.05) is 5.73 Å². The van der Waals surface area contributed by atoms with E-state index in [-0.39, 0.29) is 0 Å². The molecule has 1 heterocycles. The number of aromatic nitrogens is 2. The third-order valence-electron chi connectivity index (χ3n) is 2.68. The lowest BCUT2D eigenvalue weighted by molar-refractivity contribution is 0.432. The molecule has 0 saturated carbocycles. The molecule has 19 heavy (non-hydrogen) atoms. The maximum Gasteiger partial charge on any atom is 0.258 e. The van der Waals surface area contributed by atoms with Gasteiger partial charge in [-0.15, -0.1) is 0 Å². The molecule has 0 radical (unpaired) electrons. The van der Waals surface area contributed by atoms with Crippen LogP contribution in [0.5, 0.6) is 0 Å². The van der Waals surface area contributed by atoms with Gasteiger partial charge in [-0.3, -0.25) is 0 Å². The van der Waals surface area contributed by atoms with Crippen LogP contribution in [0.3, 0.4) is 0 Å². The Bertz CT molecular complexity index is 710. The predicted octanol–water partition coefficient (Wildman–Crippen LogP) is 3.64. The molecule has 0 aliphatic rings. The molecule has 4 nitrogen and oxygen atoms in total. The summed E-state index contributed by atoms with van der Waals surface area (Å²) in [6.07, 6.45) is 0. The summed E-state index contributed by atoms with van der Waals surface area (Å²) in [4.78, 5) is 4.34. The molecule has 3 rings (SSSR count). The first-order valence-corrected chi connectivity index (χ1v) is 6.06. The van der Waals surface area contributed by atoms with E-state index in [1.165, 1.54) is 0 Å². The van der Waals surface area contributed by atoms with Crippen molar-refractivity contribution in [2.24, 2.45) is 0 Å². The van der Waals surface area contributed by atoms with Crippen LogP contribution in [0.2, 0.25) is 5.02 Å². The average molecular weight is 272 g/mol. The first-order valence-electron chi connectivity index (χ1n) is 5.68. The zero-order valence-corrected chi connectivity index (χ0v) is 10.6. The summed E-state index contributed by atoms with van der Waals surface area (Å²) in [6.45, 7) is 0. The zero-order chi connectivity index (χ0) is 13.2. The van der Waals surface area contributed by atoms with Crippen molar-refractivity contribution >= 4 is 17.3 Å². The van der Waals surface area contributed by atoms with Crippen LogP contribution in [-0.2, 0) is 0 Å². The Morgan fingerprint density at radius 2 is 1.84 bits per heavy atom. The number of hydrogen-bond acceptors (Lipinski definition) is 4. The Balaban J connectivity index is 2.02. The van der Waals surface area contributed by atoms with Gasteiger partial charge in [-0.2, -0.15) is 4.98 Å². The van der Waals surface area contributed by atoms with Gasteiger partial charge in [0.25, 0.3) is 5.89 Å². The largest absolute Gasteiger partial charge is 0.399 e. The molecular weight excluding hydrogens is 262 g/mol. The van der Waals surface area contributed by atoms with E-state index in [4.69, 9.17) is 21.9 Å². The number of nitrogens with zero attached hydrogens (tertiary/aromatic N) is 2. The van der Waals surface area contributed by atoms with Gasteiger partial charge in [0.05, 0.1) is 5.02 Å². The first-order chi connectivity index (χ1) is 9.24. The smallest absolute Gasteiger partial charge is 0.258 e. The Morgan fingerprint density at radius 3 is 2.58 bits per heavy atom. The Labute approximate surface area is 114 Å². The number of rotatable bonds is 2. The topological polar surface area (TPSA) is 64.9 Å². The number of halogens is 1. The van der Waals surface area contributed by atoms with Crippen LogP contribution >= 0.6 is 11.6 Å². The maximum absolute atomic E-state index is 6.12. The monoisotopic (exact) mass is 271 g/mol. The average Bonchev–Trinajstić information content (AvgIpc) is 2.89. The summed E-state index contributed by atoms with van der Waals surface area (Å²) in [5.74, 6) is 0.910. The molecule has 0 aliphatic heterocycles. The number of benzene rings is 2. The van der Waals surface area contributed by atoms with Gasteiger partial charge in [-0.05, 0) is 30.3 Å². The highest BCUT2D eigenvalue weighted by atomic mass is 35.5. The molecule has 0 atom stereocenters. The summed E-state index contributed by atoms with van der Waals surface area (Å²) < 4.78 is 5.24. The van der Waals surface area contributed by atoms with E-state index in [1.807, 2.05) is 30.3 Å². The molecule has 0 bridgehead atoms. The fourth-order valence-electron chi connectivity index (χ4n) is 1.74. The molecule has 0 amide bonds. The summed E-state index contributed by atoms with van der Waals surface area (Å²) in [7, 11) is 0.